The lowest BCUT2D eigenvalue weighted by atomic mass is 9.91. The number of anilines is 1. The quantitative estimate of drug-likeness (QED) is 0.835. The van der Waals surface area contributed by atoms with E-state index in [1.54, 1.807) is 22.4 Å². The predicted molar refractivity (Wildman–Crippen MR) is 93.7 cm³/mol. The third-order valence-corrected chi connectivity index (χ3v) is 6.01. The van der Waals surface area contributed by atoms with Gasteiger partial charge in [0.05, 0.1) is 12.2 Å². The van der Waals surface area contributed by atoms with Crippen molar-refractivity contribution in [3.63, 3.8) is 0 Å². The normalized spacial score (nSPS) is 18.2. The number of amides is 2. The lowest BCUT2D eigenvalue weighted by Crippen LogP contribution is -2.41. The van der Waals surface area contributed by atoms with E-state index in [0.29, 0.717) is 30.2 Å². The van der Waals surface area contributed by atoms with Crippen molar-refractivity contribution < 1.29 is 4.79 Å². The van der Waals surface area contributed by atoms with Gasteiger partial charge < -0.3 is 9.88 Å². The molecule has 0 aromatic carbocycles. The molecule has 0 bridgehead atoms. The molecule has 2 aromatic rings. The second-order valence-corrected chi connectivity index (χ2v) is 8.17. The van der Waals surface area contributed by atoms with Crippen molar-refractivity contribution in [1.82, 2.24) is 14.9 Å². The van der Waals surface area contributed by atoms with Gasteiger partial charge in [0.25, 0.3) is 5.56 Å². The molecule has 2 amide bonds. The Balaban J connectivity index is 1.50. The Morgan fingerprint density at radius 3 is 3.04 bits per heavy atom. The molecular formula is C17H20N4O2S. The van der Waals surface area contributed by atoms with Crippen molar-refractivity contribution >= 4 is 22.5 Å². The second-order valence-electron chi connectivity index (χ2n) is 7.09. The number of aryl methyl sites for hydroxylation is 1. The third kappa shape index (κ3) is 2.53. The van der Waals surface area contributed by atoms with Gasteiger partial charge >= 0.3 is 6.03 Å². The number of nitrogens with zero attached hydrogens (tertiary/aromatic N) is 2. The molecule has 2 N–H and O–H groups in total. The predicted octanol–water partition coefficient (Wildman–Crippen LogP) is 2.65. The first-order valence-electron chi connectivity index (χ1n) is 8.19. The summed E-state index contributed by atoms with van der Waals surface area (Å²) in [5.41, 5.74) is 2.80. The first kappa shape index (κ1) is 15.4. The van der Waals surface area contributed by atoms with Crippen LogP contribution in [-0.2, 0) is 24.8 Å². The van der Waals surface area contributed by atoms with Gasteiger partial charge in [-0.2, -0.15) is 0 Å². The van der Waals surface area contributed by atoms with Crippen LogP contribution < -0.4 is 10.9 Å². The maximum absolute atomic E-state index is 12.5. The van der Waals surface area contributed by atoms with Crippen LogP contribution in [0.2, 0.25) is 0 Å². The molecule has 2 aliphatic rings. The van der Waals surface area contributed by atoms with Gasteiger partial charge in [0.1, 0.15) is 0 Å². The summed E-state index contributed by atoms with van der Waals surface area (Å²) in [6.07, 6.45) is 4.51. The Morgan fingerprint density at radius 1 is 1.42 bits per heavy atom. The van der Waals surface area contributed by atoms with Crippen LogP contribution in [0.4, 0.5) is 9.93 Å². The van der Waals surface area contributed by atoms with Crippen LogP contribution in [0.25, 0.3) is 0 Å². The zero-order valence-electron chi connectivity index (χ0n) is 13.8. The summed E-state index contributed by atoms with van der Waals surface area (Å²) in [7, 11) is 0. The van der Waals surface area contributed by atoms with E-state index in [-0.39, 0.29) is 17.0 Å². The number of H-pyrrole nitrogens is 1. The zero-order chi connectivity index (χ0) is 16.9. The van der Waals surface area contributed by atoms with Gasteiger partial charge in [0, 0.05) is 28.6 Å². The van der Waals surface area contributed by atoms with Gasteiger partial charge in [-0.05, 0) is 30.9 Å². The van der Waals surface area contributed by atoms with Crippen molar-refractivity contribution in [2.45, 2.75) is 45.1 Å². The SMILES string of the molecule is CC1(C)CCc2sc(NC(=O)N3CCc4cc[nH]c(=O)c4C3)nc21. The van der Waals surface area contributed by atoms with Crippen molar-refractivity contribution in [3.05, 3.63) is 44.3 Å². The van der Waals surface area contributed by atoms with E-state index in [2.05, 4.69) is 29.1 Å². The first-order valence-corrected chi connectivity index (χ1v) is 9.01. The van der Waals surface area contributed by atoms with E-state index < -0.39 is 0 Å². The van der Waals surface area contributed by atoms with Crippen molar-refractivity contribution in [3.8, 4) is 0 Å². The van der Waals surface area contributed by atoms with Crippen LogP contribution >= 0.6 is 11.3 Å². The molecule has 4 rings (SSSR count). The van der Waals surface area contributed by atoms with Gasteiger partial charge in [0.15, 0.2) is 5.13 Å². The van der Waals surface area contributed by atoms with Crippen molar-refractivity contribution in [1.29, 1.82) is 0 Å². The maximum atomic E-state index is 12.5. The first-order chi connectivity index (χ1) is 11.4. The highest BCUT2D eigenvalue weighted by Crippen LogP contribution is 2.42. The van der Waals surface area contributed by atoms with Gasteiger partial charge in [-0.15, -0.1) is 11.3 Å². The second kappa shape index (κ2) is 5.44. The molecule has 0 saturated heterocycles. The fourth-order valence-corrected chi connectivity index (χ4v) is 4.61. The molecule has 126 valence electrons. The van der Waals surface area contributed by atoms with E-state index in [1.165, 1.54) is 4.88 Å². The third-order valence-electron chi connectivity index (χ3n) is 4.98. The van der Waals surface area contributed by atoms with Crippen LogP contribution in [0.1, 0.15) is 42.0 Å². The van der Waals surface area contributed by atoms with Crippen LogP contribution in [0.15, 0.2) is 17.1 Å². The van der Waals surface area contributed by atoms with E-state index in [9.17, 15) is 9.59 Å². The largest absolute Gasteiger partial charge is 0.329 e. The maximum Gasteiger partial charge on any atom is 0.323 e. The number of carbonyl (C=O) groups excluding carboxylic acids is 1. The zero-order valence-corrected chi connectivity index (χ0v) is 14.6. The topological polar surface area (TPSA) is 78.1 Å². The monoisotopic (exact) mass is 344 g/mol. The van der Waals surface area contributed by atoms with Crippen LogP contribution in [0.5, 0.6) is 0 Å². The summed E-state index contributed by atoms with van der Waals surface area (Å²) >= 11 is 1.57. The van der Waals surface area contributed by atoms with E-state index >= 15 is 0 Å². The minimum atomic E-state index is -0.186. The Kier molecular flexibility index (Phi) is 3.49. The summed E-state index contributed by atoms with van der Waals surface area (Å²) in [6.45, 7) is 5.34. The summed E-state index contributed by atoms with van der Waals surface area (Å²) < 4.78 is 0. The molecule has 6 nitrogen and oxygen atoms in total. The molecular weight excluding hydrogens is 324 g/mol. The molecule has 1 aliphatic heterocycles. The summed E-state index contributed by atoms with van der Waals surface area (Å²) in [5.74, 6) is 0. The Bertz CT molecular complexity index is 868. The molecule has 3 heterocycles. The summed E-state index contributed by atoms with van der Waals surface area (Å²) in [4.78, 5) is 34.7. The highest BCUT2D eigenvalue weighted by Gasteiger charge is 2.34. The van der Waals surface area contributed by atoms with Gasteiger partial charge in [-0.25, -0.2) is 9.78 Å². The average molecular weight is 344 g/mol. The van der Waals surface area contributed by atoms with E-state index in [0.717, 1.165) is 24.1 Å². The molecule has 0 atom stereocenters. The average Bonchev–Trinajstić information content (AvgIpc) is 3.08. The highest BCUT2D eigenvalue weighted by molar-refractivity contribution is 7.16. The van der Waals surface area contributed by atoms with Crippen LogP contribution in [0, 0.1) is 0 Å². The molecule has 0 saturated carbocycles. The number of carbonyl (C=O) groups is 1. The molecule has 0 spiro atoms. The summed E-state index contributed by atoms with van der Waals surface area (Å²) in [6, 6.07) is 1.73. The number of rotatable bonds is 1. The number of aromatic amines is 1. The van der Waals surface area contributed by atoms with Gasteiger partial charge in [0.2, 0.25) is 0 Å². The molecule has 0 unspecified atom stereocenters. The molecule has 0 fully saturated rings. The van der Waals surface area contributed by atoms with E-state index in [4.69, 9.17) is 0 Å². The minimum absolute atomic E-state index is 0.0895. The highest BCUT2D eigenvalue weighted by atomic mass is 32.1. The molecule has 24 heavy (non-hydrogen) atoms. The van der Waals surface area contributed by atoms with Gasteiger partial charge in [-0.1, -0.05) is 13.8 Å². The number of fused-ring (bicyclic) bond motifs is 2. The van der Waals surface area contributed by atoms with Gasteiger partial charge in [-0.3, -0.25) is 10.1 Å². The standard InChI is InChI=1S/C17H20N4O2S/c1-17(2)6-3-12-13(17)19-15(24-12)20-16(23)21-8-5-10-4-7-18-14(22)11(10)9-21/h4,7H,3,5-6,8-9H2,1-2H3,(H,18,22)(H,19,20,23). The lowest BCUT2D eigenvalue weighted by molar-refractivity contribution is 0.206. The smallest absolute Gasteiger partial charge is 0.323 e. The number of nitrogens with one attached hydrogen (secondary N) is 2. The van der Waals surface area contributed by atoms with Crippen molar-refractivity contribution in [2.24, 2.45) is 0 Å². The van der Waals surface area contributed by atoms with Crippen LogP contribution in [0.3, 0.4) is 0 Å². The number of thiazole rings is 1. The Hall–Kier alpha value is -2.15. The van der Waals surface area contributed by atoms with Crippen LogP contribution in [-0.4, -0.2) is 27.4 Å². The fraction of sp³-hybridized carbons (Fsp3) is 0.471. The molecule has 1 aliphatic carbocycles. The molecule has 2 aromatic heterocycles. The number of aromatic nitrogens is 2. The van der Waals surface area contributed by atoms with E-state index in [1.807, 2.05) is 6.07 Å². The number of hydrogen-bond donors (Lipinski definition) is 2. The Labute approximate surface area is 143 Å². The lowest BCUT2D eigenvalue weighted by Gasteiger charge is -2.27. The minimum Gasteiger partial charge on any atom is -0.329 e. The summed E-state index contributed by atoms with van der Waals surface area (Å²) in [5, 5.41) is 3.57. The molecule has 7 heteroatoms. The molecule has 0 radical (unpaired) electrons. The number of hydrogen-bond acceptors (Lipinski definition) is 4. The number of pyridine rings is 1. The fourth-order valence-electron chi connectivity index (χ4n) is 3.48. The van der Waals surface area contributed by atoms with Crippen molar-refractivity contribution in [2.75, 3.05) is 11.9 Å². The Morgan fingerprint density at radius 2 is 2.25 bits per heavy atom. The number of urea groups is 1.